The topological polar surface area (TPSA) is 41.6 Å². The van der Waals surface area contributed by atoms with Crippen molar-refractivity contribution in [3.8, 4) is 17.5 Å². The second-order valence-electron chi connectivity index (χ2n) is 4.44. The number of nitriles is 1. The largest absolute Gasteiger partial charge is 0.310 e. The van der Waals surface area contributed by atoms with Crippen molar-refractivity contribution in [3.05, 3.63) is 53.8 Å². The van der Waals surface area contributed by atoms with Crippen LogP contribution in [0, 0.1) is 28.8 Å². The van der Waals surface area contributed by atoms with E-state index in [1.165, 1.54) is 28.8 Å². The second-order valence-corrected chi connectivity index (χ2v) is 4.44. The van der Waals surface area contributed by atoms with E-state index < -0.39 is 17.5 Å². The predicted octanol–water partition coefficient (Wildman–Crippen LogP) is 3.64. The second kappa shape index (κ2) is 4.94. The number of imidazole rings is 1. The molecule has 21 heavy (non-hydrogen) atoms. The summed E-state index contributed by atoms with van der Waals surface area (Å²) in [5.41, 5.74) is 1.11. The first-order valence-electron chi connectivity index (χ1n) is 6.08. The van der Waals surface area contributed by atoms with Crippen molar-refractivity contribution in [2.24, 2.45) is 0 Å². The van der Waals surface area contributed by atoms with Crippen molar-refractivity contribution < 1.29 is 13.2 Å². The highest BCUT2D eigenvalue weighted by Gasteiger charge is 2.15. The van der Waals surface area contributed by atoms with Gasteiger partial charge in [-0.15, -0.1) is 0 Å². The fourth-order valence-electron chi connectivity index (χ4n) is 2.17. The smallest absolute Gasteiger partial charge is 0.161 e. The van der Waals surface area contributed by atoms with E-state index in [0.29, 0.717) is 16.9 Å². The molecule has 0 radical (unpaired) electrons. The Morgan fingerprint density at radius 2 is 1.71 bits per heavy atom. The molecule has 0 aliphatic carbocycles. The summed E-state index contributed by atoms with van der Waals surface area (Å²) in [6.07, 6.45) is 0. The van der Waals surface area contributed by atoms with Crippen LogP contribution in [0.15, 0.2) is 36.4 Å². The summed E-state index contributed by atoms with van der Waals surface area (Å²) in [5.74, 6) is -2.06. The van der Waals surface area contributed by atoms with Crippen molar-refractivity contribution in [2.75, 3.05) is 0 Å². The zero-order chi connectivity index (χ0) is 15.0. The van der Waals surface area contributed by atoms with Crippen LogP contribution in [0.1, 0.15) is 0 Å². The Morgan fingerprint density at radius 3 is 2.38 bits per heavy atom. The number of hydrogen-bond donors (Lipinski definition) is 0. The van der Waals surface area contributed by atoms with Crippen LogP contribution in [0.25, 0.3) is 22.4 Å². The lowest BCUT2D eigenvalue weighted by atomic mass is 10.2. The lowest BCUT2D eigenvalue weighted by Gasteiger charge is -2.04. The summed E-state index contributed by atoms with van der Waals surface area (Å²) in [6.45, 7) is -0.0751. The molecule has 0 saturated heterocycles. The Morgan fingerprint density at radius 1 is 1.05 bits per heavy atom. The molecule has 0 atom stereocenters. The number of nitrogens with zero attached hydrogens (tertiary/aromatic N) is 3. The predicted molar refractivity (Wildman–Crippen MR) is 70.7 cm³/mol. The van der Waals surface area contributed by atoms with E-state index in [2.05, 4.69) is 4.98 Å². The molecular weight excluding hydrogens is 279 g/mol. The zero-order valence-corrected chi connectivity index (χ0v) is 10.6. The third kappa shape index (κ3) is 2.23. The SMILES string of the molecule is N#CCn1c(-c2ccc(F)cc2)nc2cc(F)c(F)cc21. The third-order valence-corrected chi connectivity index (χ3v) is 3.12. The number of rotatable bonds is 2. The molecule has 0 unspecified atom stereocenters. The Bertz CT molecular complexity index is 860. The highest BCUT2D eigenvalue weighted by atomic mass is 19.2. The van der Waals surface area contributed by atoms with E-state index >= 15 is 0 Å². The molecule has 0 saturated carbocycles. The maximum atomic E-state index is 13.4. The number of hydrogen-bond acceptors (Lipinski definition) is 2. The van der Waals surface area contributed by atoms with E-state index in [4.69, 9.17) is 5.26 Å². The van der Waals surface area contributed by atoms with Crippen molar-refractivity contribution in [1.29, 1.82) is 5.26 Å². The number of benzene rings is 2. The molecule has 3 nitrogen and oxygen atoms in total. The molecule has 3 aromatic rings. The molecule has 6 heteroatoms. The van der Waals surface area contributed by atoms with E-state index in [-0.39, 0.29) is 12.1 Å². The summed E-state index contributed by atoms with van der Waals surface area (Å²) in [7, 11) is 0. The Kier molecular flexibility index (Phi) is 3.10. The maximum absolute atomic E-state index is 13.4. The summed E-state index contributed by atoms with van der Waals surface area (Å²) >= 11 is 0. The van der Waals surface area contributed by atoms with E-state index in [1.807, 2.05) is 6.07 Å². The van der Waals surface area contributed by atoms with Crippen LogP contribution < -0.4 is 0 Å². The van der Waals surface area contributed by atoms with Gasteiger partial charge >= 0.3 is 0 Å². The quantitative estimate of drug-likeness (QED) is 0.722. The lowest BCUT2D eigenvalue weighted by molar-refractivity contribution is 0.510. The van der Waals surface area contributed by atoms with Crippen molar-refractivity contribution in [1.82, 2.24) is 9.55 Å². The van der Waals surface area contributed by atoms with Gasteiger partial charge in [-0.1, -0.05) is 0 Å². The van der Waals surface area contributed by atoms with Crippen LogP contribution in [0.2, 0.25) is 0 Å². The normalized spacial score (nSPS) is 10.8. The van der Waals surface area contributed by atoms with E-state index in [0.717, 1.165) is 12.1 Å². The van der Waals surface area contributed by atoms with E-state index in [1.54, 1.807) is 0 Å². The van der Waals surface area contributed by atoms with Crippen molar-refractivity contribution in [2.45, 2.75) is 6.54 Å². The molecule has 1 heterocycles. The van der Waals surface area contributed by atoms with Crippen LogP contribution in [0.5, 0.6) is 0 Å². The minimum Gasteiger partial charge on any atom is -0.310 e. The first-order valence-corrected chi connectivity index (χ1v) is 6.08. The molecule has 1 aromatic heterocycles. The molecule has 0 bridgehead atoms. The van der Waals surface area contributed by atoms with Gasteiger partial charge in [0.15, 0.2) is 11.6 Å². The van der Waals surface area contributed by atoms with Gasteiger partial charge in [0.1, 0.15) is 18.2 Å². The highest BCUT2D eigenvalue weighted by Crippen LogP contribution is 2.26. The Balaban J connectivity index is 2.29. The standard InChI is InChI=1S/C15H8F3N3/c16-10-3-1-9(2-4-10)15-20-13-7-11(17)12(18)8-14(13)21(15)6-5-19/h1-4,7-8H,6H2. The monoisotopic (exact) mass is 287 g/mol. The zero-order valence-electron chi connectivity index (χ0n) is 10.6. The molecule has 0 fully saturated rings. The molecule has 0 aliphatic rings. The average molecular weight is 287 g/mol. The van der Waals surface area contributed by atoms with Crippen molar-refractivity contribution >= 4 is 11.0 Å². The highest BCUT2D eigenvalue weighted by molar-refractivity contribution is 5.81. The number of fused-ring (bicyclic) bond motifs is 1. The number of halogens is 3. The molecule has 0 spiro atoms. The molecule has 0 amide bonds. The van der Waals surface area contributed by atoms with Crippen LogP contribution in [0.3, 0.4) is 0 Å². The van der Waals surface area contributed by atoms with Gasteiger partial charge in [-0.05, 0) is 24.3 Å². The minimum atomic E-state index is -1.01. The van der Waals surface area contributed by atoms with E-state index in [9.17, 15) is 13.2 Å². The lowest BCUT2D eigenvalue weighted by Crippen LogP contribution is -1.99. The fraction of sp³-hybridized carbons (Fsp3) is 0.0667. The van der Waals surface area contributed by atoms with Gasteiger partial charge in [-0.3, -0.25) is 0 Å². The first kappa shape index (κ1) is 13.2. The minimum absolute atomic E-state index is 0.0751. The molecule has 2 aromatic carbocycles. The third-order valence-electron chi connectivity index (χ3n) is 3.12. The van der Waals surface area contributed by atoms with Crippen molar-refractivity contribution in [3.63, 3.8) is 0 Å². The Labute approximate surface area is 117 Å². The van der Waals surface area contributed by atoms with Gasteiger partial charge in [0.25, 0.3) is 0 Å². The fourth-order valence-corrected chi connectivity index (χ4v) is 2.17. The summed E-state index contributed by atoms with van der Waals surface area (Å²) in [5, 5.41) is 8.91. The number of aromatic nitrogens is 2. The van der Waals surface area contributed by atoms with Crippen LogP contribution in [-0.4, -0.2) is 9.55 Å². The van der Waals surface area contributed by atoms with Gasteiger partial charge in [0.05, 0.1) is 17.1 Å². The van der Waals surface area contributed by atoms with Crippen LogP contribution >= 0.6 is 0 Å². The van der Waals surface area contributed by atoms with Gasteiger partial charge in [-0.2, -0.15) is 5.26 Å². The molecule has 104 valence electrons. The molecule has 0 N–H and O–H groups in total. The Hall–Kier alpha value is -2.81. The maximum Gasteiger partial charge on any atom is 0.161 e. The summed E-state index contributed by atoms with van der Waals surface area (Å²) in [4.78, 5) is 4.22. The summed E-state index contributed by atoms with van der Waals surface area (Å²) in [6, 6.07) is 9.44. The van der Waals surface area contributed by atoms with Gasteiger partial charge in [0.2, 0.25) is 0 Å². The van der Waals surface area contributed by atoms with Gasteiger partial charge in [0, 0.05) is 17.7 Å². The first-order chi connectivity index (χ1) is 10.1. The van der Waals surface area contributed by atoms with Gasteiger partial charge in [-0.25, -0.2) is 18.2 Å². The molecule has 0 aliphatic heterocycles. The molecule has 3 rings (SSSR count). The molecular formula is C15H8F3N3. The van der Waals surface area contributed by atoms with Crippen LogP contribution in [0.4, 0.5) is 13.2 Å². The van der Waals surface area contributed by atoms with Gasteiger partial charge < -0.3 is 4.57 Å². The van der Waals surface area contributed by atoms with Crippen LogP contribution in [-0.2, 0) is 6.54 Å². The summed E-state index contributed by atoms with van der Waals surface area (Å²) < 4.78 is 41.1. The average Bonchev–Trinajstić information content (AvgIpc) is 2.79.